The van der Waals surface area contributed by atoms with Crippen molar-refractivity contribution in [3.63, 3.8) is 0 Å². The van der Waals surface area contributed by atoms with Gasteiger partial charge in [-0.05, 0) is 44.2 Å². The van der Waals surface area contributed by atoms with Crippen LogP contribution in [-0.2, 0) is 11.3 Å². The van der Waals surface area contributed by atoms with E-state index in [0.717, 1.165) is 24.8 Å². The lowest BCUT2D eigenvalue weighted by molar-refractivity contribution is 0.0303. The zero-order valence-electron chi connectivity index (χ0n) is 12.8. The Morgan fingerprint density at radius 2 is 2.24 bits per heavy atom. The molecule has 1 aromatic rings. The minimum atomic E-state index is 0.484. The van der Waals surface area contributed by atoms with Crippen molar-refractivity contribution < 1.29 is 4.74 Å². The number of aryl methyl sites for hydroxylation is 1. The first-order valence-corrected chi connectivity index (χ1v) is 9.10. The van der Waals surface area contributed by atoms with Crippen LogP contribution in [0.4, 0.5) is 0 Å². The van der Waals surface area contributed by atoms with Gasteiger partial charge in [0.05, 0.1) is 11.8 Å². The van der Waals surface area contributed by atoms with Crippen LogP contribution in [0, 0.1) is 12.8 Å². The maximum Gasteiger partial charge on any atom is 0.0680 e. The molecule has 3 aliphatic rings. The fraction of sp³-hybridized carbons (Fsp3) is 0.706. The second-order valence-electron chi connectivity index (χ2n) is 7.01. The van der Waals surface area contributed by atoms with Gasteiger partial charge in [0.1, 0.15) is 0 Å². The summed E-state index contributed by atoms with van der Waals surface area (Å²) in [6, 6.07) is 6.32. The molecule has 21 heavy (non-hydrogen) atoms. The number of hydrogen-bond acceptors (Lipinski definition) is 4. The predicted molar refractivity (Wildman–Crippen MR) is 86.5 cm³/mol. The number of ether oxygens (including phenoxy) is 1. The Balaban J connectivity index is 1.25. The molecule has 1 aromatic heterocycles. The Hall–Kier alpha value is -0.580. The molecule has 1 atom stereocenters. The molecule has 114 valence electrons. The van der Waals surface area contributed by atoms with Gasteiger partial charge in [0.15, 0.2) is 0 Å². The maximum atomic E-state index is 6.08. The first kappa shape index (κ1) is 14.0. The Kier molecular flexibility index (Phi) is 3.72. The number of pyridine rings is 1. The zero-order chi connectivity index (χ0) is 14.3. The molecular formula is C17H24N2OS. The van der Waals surface area contributed by atoms with E-state index >= 15 is 0 Å². The third kappa shape index (κ3) is 3.27. The van der Waals surface area contributed by atoms with Crippen LogP contribution in [0.2, 0.25) is 0 Å². The van der Waals surface area contributed by atoms with Crippen LogP contribution >= 0.6 is 11.8 Å². The van der Waals surface area contributed by atoms with Gasteiger partial charge in [-0.3, -0.25) is 9.88 Å². The molecule has 0 amide bonds. The molecule has 0 bridgehead atoms. The third-order valence-electron chi connectivity index (χ3n) is 4.79. The van der Waals surface area contributed by atoms with Crippen molar-refractivity contribution in [2.24, 2.45) is 5.92 Å². The minimum absolute atomic E-state index is 0.484. The smallest absolute Gasteiger partial charge is 0.0680 e. The largest absolute Gasteiger partial charge is 0.377 e. The van der Waals surface area contributed by atoms with Crippen molar-refractivity contribution in [3.05, 3.63) is 29.6 Å². The van der Waals surface area contributed by atoms with Crippen molar-refractivity contribution in [3.8, 4) is 0 Å². The molecule has 2 aliphatic heterocycles. The van der Waals surface area contributed by atoms with Crippen LogP contribution in [0.3, 0.4) is 0 Å². The number of rotatable bonds is 5. The van der Waals surface area contributed by atoms with Crippen LogP contribution in [0.25, 0.3) is 0 Å². The molecule has 0 radical (unpaired) electrons. The lowest BCUT2D eigenvalue weighted by atomic mass is 9.93. The summed E-state index contributed by atoms with van der Waals surface area (Å²) in [6.45, 7) is 6.48. The van der Waals surface area contributed by atoms with E-state index < -0.39 is 0 Å². The lowest BCUT2D eigenvalue weighted by Crippen LogP contribution is -2.58. The van der Waals surface area contributed by atoms with Gasteiger partial charge in [0, 0.05) is 42.4 Å². The topological polar surface area (TPSA) is 25.4 Å². The summed E-state index contributed by atoms with van der Waals surface area (Å²) in [7, 11) is 0. The number of aromatic nitrogens is 1. The number of hydrogen-bond donors (Lipinski definition) is 0. The maximum absolute atomic E-state index is 6.08. The number of nitrogens with zero attached hydrogens (tertiary/aromatic N) is 2. The highest BCUT2D eigenvalue weighted by atomic mass is 32.2. The molecule has 4 rings (SSSR count). The lowest BCUT2D eigenvalue weighted by Gasteiger charge is -2.47. The van der Waals surface area contributed by atoms with Gasteiger partial charge >= 0.3 is 0 Å². The molecule has 1 aliphatic carbocycles. The second-order valence-corrected chi connectivity index (χ2v) is 8.50. The molecule has 1 unspecified atom stereocenters. The summed E-state index contributed by atoms with van der Waals surface area (Å²) in [5, 5.41) is 0. The molecule has 0 aromatic carbocycles. The van der Waals surface area contributed by atoms with Gasteiger partial charge in [-0.15, -0.1) is 11.8 Å². The highest BCUT2D eigenvalue weighted by Crippen LogP contribution is 2.46. The van der Waals surface area contributed by atoms with E-state index in [1.165, 1.54) is 43.8 Å². The zero-order valence-corrected chi connectivity index (χ0v) is 13.6. The summed E-state index contributed by atoms with van der Waals surface area (Å²) in [5.74, 6) is 2.08. The second kappa shape index (κ2) is 5.56. The van der Waals surface area contributed by atoms with Gasteiger partial charge in [0.2, 0.25) is 0 Å². The van der Waals surface area contributed by atoms with Crippen LogP contribution in [0.15, 0.2) is 18.2 Å². The Bertz CT molecular complexity index is 511. The monoisotopic (exact) mass is 304 g/mol. The minimum Gasteiger partial charge on any atom is -0.377 e. The van der Waals surface area contributed by atoms with Gasteiger partial charge in [-0.2, -0.15) is 0 Å². The Morgan fingerprint density at radius 1 is 1.38 bits per heavy atom. The summed E-state index contributed by atoms with van der Waals surface area (Å²) in [4.78, 5) is 7.13. The van der Waals surface area contributed by atoms with Gasteiger partial charge in [0.25, 0.3) is 0 Å². The highest BCUT2D eigenvalue weighted by molar-refractivity contribution is 8.01. The molecule has 3 nitrogen and oxygen atoms in total. The van der Waals surface area contributed by atoms with Crippen LogP contribution in [-0.4, -0.2) is 46.2 Å². The SMILES string of the molecule is Cc1cccc(CN2CC3(CC(OCC4CC4)CS3)C2)n1. The summed E-state index contributed by atoms with van der Waals surface area (Å²) in [5.41, 5.74) is 2.32. The van der Waals surface area contributed by atoms with Crippen molar-refractivity contribution >= 4 is 11.8 Å². The molecule has 3 fully saturated rings. The van der Waals surface area contributed by atoms with Gasteiger partial charge in [-0.1, -0.05) is 6.07 Å². The quantitative estimate of drug-likeness (QED) is 0.835. The molecule has 0 N–H and O–H groups in total. The first-order chi connectivity index (χ1) is 10.2. The molecule has 4 heteroatoms. The average molecular weight is 304 g/mol. The fourth-order valence-corrected chi connectivity index (χ4v) is 5.09. The van der Waals surface area contributed by atoms with Crippen molar-refractivity contribution in [1.82, 2.24) is 9.88 Å². The average Bonchev–Trinajstić information content (AvgIpc) is 3.16. The van der Waals surface area contributed by atoms with E-state index in [1.54, 1.807) is 0 Å². The van der Waals surface area contributed by atoms with Crippen LogP contribution in [0.5, 0.6) is 0 Å². The van der Waals surface area contributed by atoms with E-state index in [9.17, 15) is 0 Å². The van der Waals surface area contributed by atoms with Crippen molar-refractivity contribution in [1.29, 1.82) is 0 Å². The molecule has 1 saturated carbocycles. The third-order valence-corrected chi connectivity index (χ3v) is 6.37. The summed E-state index contributed by atoms with van der Waals surface area (Å²) < 4.78 is 6.56. The van der Waals surface area contributed by atoms with E-state index in [4.69, 9.17) is 4.74 Å². The van der Waals surface area contributed by atoms with E-state index in [0.29, 0.717) is 10.9 Å². The fourth-order valence-electron chi connectivity index (χ4n) is 3.48. The molecular weight excluding hydrogens is 280 g/mol. The summed E-state index contributed by atoms with van der Waals surface area (Å²) >= 11 is 2.14. The normalized spacial score (nSPS) is 28.0. The Labute approximate surface area is 131 Å². The molecule has 2 saturated heterocycles. The van der Waals surface area contributed by atoms with E-state index in [1.807, 2.05) is 0 Å². The highest BCUT2D eigenvalue weighted by Gasteiger charge is 2.49. The standard InChI is InChI=1S/C17H24N2OS/c1-13-3-2-4-15(18-13)8-19-11-17(12-19)7-16(10-21-17)20-9-14-5-6-14/h2-4,14,16H,5-12H2,1H3. The van der Waals surface area contributed by atoms with Crippen LogP contribution < -0.4 is 0 Å². The first-order valence-electron chi connectivity index (χ1n) is 8.11. The van der Waals surface area contributed by atoms with Gasteiger partial charge < -0.3 is 4.74 Å². The van der Waals surface area contributed by atoms with E-state index in [-0.39, 0.29) is 0 Å². The number of likely N-dealkylation sites (tertiary alicyclic amines) is 1. The molecule has 3 heterocycles. The van der Waals surface area contributed by atoms with Crippen LogP contribution in [0.1, 0.15) is 30.7 Å². The van der Waals surface area contributed by atoms with Crippen molar-refractivity contribution in [2.45, 2.75) is 43.6 Å². The van der Waals surface area contributed by atoms with E-state index in [2.05, 4.69) is 46.8 Å². The Morgan fingerprint density at radius 3 is 3.00 bits per heavy atom. The van der Waals surface area contributed by atoms with Crippen molar-refractivity contribution in [2.75, 3.05) is 25.4 Å². The van der Waals surface area contributed by atoms with Gasteiger partial charge in [-0.25, -0.2) is 0 Å². The summed E-state index contributed by atoms with van der Waals surface area (Å²) in [6.07, 6.45) is 4.54. The number of thioether (sulfide) groups is 1. The predicted octanol–water partition coefficient (Wildman–Crippen LogP) is 2.88. The molecule has 1 spiro atoms.